The van der Waals surface area contributed by atoms with Gasteiger partial charge in [-0.1, -0.05) is 24.6 Å². The normalized spacial score (nSPS) is 24.9. The number of ether oxygens (including phenoxy) is 1. The van der Waals surface area contributed by atoms with Crippen molar-refractivity contribution in [3.63, 3.8) is 0 Å². The second-order valence-corrected chi connectivity index (χ2v) is 7.44. The van der Waals surface area contributed by atoms with Crippen molar-refractivity contribution in [2.24, 2.45) is 0 Å². The number of nitrogens with one attached hydrogen (secondary N) is 1. The molecule has 1 N–H and O–H groups in total. The fourth-order valence-electron chi connectivity index (χ4n) is 4.11. The summed E-state index contributed by atoms with van der Waals surface area (Å²) in [5.74, 6) is 0.0404. The summed E-state index contributed by atoms with van der Waals surface area (Å²) in [5.41, 5.74) is 4.17. The van der Waals surface area contributed by atoms with E-state index in [9.17, 15) is 4.79 Å². The Morgan fingerprint density at radius 2 is 1.96 bits per heavy atom. The third kappa shape index (κ3) is 3.50. The van der Waals surface area contributed by atoms with Crippen LogP contribution < -0.4 is 5.32 Å². The number of nitrogens with zero attached hydrogens (tertiary/aromatic N) is 1. The molecule has 2 aliphatic heterocycles. The van der Waals surface area contributed by atoms with E-state index in [1.165, 1.54) is 49.0 Å². The molecule has 0 bridgehead atoms. The van der Waals surface area contributed by atoms with Gasteiger partial charge >= 0.3 is 0 Å². The minimum Gasteiger partial charge on any atom is -0.368 e. The van der Waals surface area contributed by atoms with Gasteiger partial charge in [0, 0.05) is 32.3 Å². The van der Waals surface area contributed by atoms with E-state index in [1.807, 2.05) is 0 Å². The van der Waals surface area contributed by atoms with Crippen LogP contribution in [-0.2, 0) is 28.9 Å². The molecule has 2 fully saturated rings. The SMILES string of the molecule is O=C(NCc1ccc2c(c1)CCN(C1CCC1)CC2)[C@@H]1CCCO1. The number of amides is 1. The number of hydrogen-bond acceptors (Lipinski definition) is 3. The highest BCUT2D eigenvalue weighted by molar-refractivity contribution is 5.80. The zero-order valence-electron chi connectivity index (χ0n) is 14.4. The maximum atomic E-state index is 12.1. The summed E-state index contributed by atoms with van der Waals surface area (Å²) < 4.78 is 5.44. The van der Waals surface area contributed by atoms with E-state index >= 15 is 0 Å². The van der Waals surface area contributed by atoms with Crippen LogP contribution in [0, 0.1) is 0 Å². The van der Waals surface area contributed by atoms with E-state index in [0.717, 1.165) is 31.7 Å². The summed E-state index contributed by atoms with van der Waals surface area (Å²) in [6, 6.07) is 7.58. The second-order valence-electron chi connectivity index (χ2n) is 7.44. The van der Waals surface area contributed by atoms with E-state index in [0.29, 0.717) is 13.2 Å². The summed E-state index contributed by atoms with van der Waals surface area (Å²) in [6.45, 7) is 3.71. The summed E-state index contributed by atoms with van der Waals surface area (Å²) in [6.07, 6.45) is 8.09. The standard InChI is InChI=1S/C20H28N2O2/c23-20(19-5-2-12-24-19)21-14-15-6-7-16-8-10-22(18-3-1-4-18)11-9-17(16)13-15/h6-7,13,18-19H,1-5,8-12,14H2,(H,21,23)/t19-/m0/s1. The van der Waals surface area contributed by atoms with E-state index in [2.05, 4.69) is 28.4 Å². The molecule has 4 nitrogen and oxygen atoms in total. The quantitative estimate of drug-likeness (QED) is 0.923. The topological polar surface area (TPSA) is 41.6 Å². The predicted octanol–water partition coefficient (Wildman–Crippen LogP) is 2.43. The van der Waals surface area contributed by atoms with Crippen molar-refractivity contribution in [1.29, 1.82) is 0 Å². The third-order valence-electron chi connectivity index (χ3n) is 5.89. The minimum absolute atomic E-state index is 0.0404. The first kappa shape index (κ1) is 16.1. The van der Waals surface area contributed by atoms with Crippen molar-refractivity contribution in [1.82, 2.24) is 10.2 Å². The Bertz CT molecular complexity index is 591. The molecule has 1 amide bonds. The van der Waals surface area contributed by atoms with Gasteiger partial charge in [0.15, 0.2) is 0 Å². The average molecular weight is 328 g/mol. The first-order chi connectivity index (χ1) is 11.8. The molecule has 1 aliphatic carbocycles. The van der Waals surface area contributed by atoms with Gasteiger partial charge < -0.3 is 10.1 Å². The first-order valence-corrected chi connectivity index (χ1v) is 9.53. The molecule has 0 radical (unpaired) electrons. The summed E-state index contributed by atoms with van der Waals surface area (Å²) in [7, 11) is 0. The van der Waals surface area contributed by atoms with Crippen LogP contribution in [0.25, 0.3) is 0 Å². The molecular weight excluding hydrogens is 300 g/mol. The molecular formula is C20H28N2O2. The van der Waals surface area contributed by atoms with Crippen LogP contribution in [0.2, 0.25) is 0 Å². The lowest BCUT2D eigenvalue weighted by molar-refractivity contribution is -0.130. The van der Waals surface area contributed by atoms with Gasteiger partial charge in [-0.3, -0.25) is 9.69 Å². The van der Waals surface area contributed by atoms with E-state index in [4.69, 9.17) is 4.74 Å². The average Bonchev–Trinajstić information content (AvgIpc) is 3.01. The van der Waals surface area contributed by atoms with Crippen LogP contribution in [0.4, 0.5) is 0 Å². The van der Waals surface area contributed by atoms with Crippen molar-refractivity contribution in [3.05, 3.63) is 34.9 Å². The van der Waals surface area contributed by atoms with E-state index in [1.54, 1.807) is 0 Å². The van der Waals surface area contributed by atoms with Gasteiger partial charge in [-0.05, 0) is 55.2 Å². The zero-order valence-corrected chi connectivity index (χ0v) is 14.4. The smallest absolute Gasteiger partial charge is 0.249 e. The van der Waals surface area contributed by atoms with Crippen molar-refractivity contribution in [2.45, 2.75) is 63.6 Å². The molecule has 0 aromatic heterocycles. The number of hydrogen-bond donors (Lipinski definition) is 1. The van der Waals surface area contributed by atoms with Gasteiger partial charge in [0.2, 0.25) is 5.91 Å². The first-order valence-electron chi connectivity index (χ1n) is 9.53. The monoisotopic (exact) mass is 328 g/mol. The van der Waals surface area contributed by atoms with Gasteiger partial charge in [0.25, 0.3) is 0 Å². The number of fused-ring (bicyclic) bond motifs is 1. The van der Waals surface area contributed by atoms with Crippen molar-refractivity contribution in [2.75, 3.05) is 19.7 Å². The Labute approximate surface area is 144 Å². The summed E-state index contributed by atoms with van der Waals surface area (Å²) in [5, 5.41) is 3.03. The molecule has 24 heavy (non-hydrogen) atoms. The van der Waals surface area contributed by atoms with Crippen LogP contribution in [0.15, 0.2) is 18.2 Å². The number of carbonyl (C=O) groups is 1. The molecule has 1 aromatic rings. The Morgan fingerprint density at radius 1 is 1.12 bits per heavy atom. The molecule has 130 valence electrons. The van der Waals surface area contributed by atoms with Gasteiger partial charge in [-0.25, -0.2) is 0 Å². The number of benzene rings is 1. The Morgan fingerprint density at radius 3 is 2.67 bits per heavy atom. The second kappa shape index (κ2) is 7.24. The molecule has 1 atom stereocenters. The third-order valence-corrected chi connectivity index (χ3v) is 5.89. The van der Waals surface area contributed by atoms with Crippen molar-refractivity contribution < 1.29 is 9.53 Å². The van der Waals surface area contributed by atoms with Gasteiger partial charge in [-0.2, -0.15) is 0 Å². The zero-order chi connectivity index (χ0) is 16.4. The highest BCUT2D eigenvalue weighted by atomic mass is 16.5. The van der Waals surface area contributed by atoms with E-state index in [-0.39, 0.29) is 12.0 Å². The number of carbonyl (C=O) groups excluding carboxylic acids is 1. The van der Waals surface area contributed by atoms with Crippen LogP contribution in [0.3, 0.4) is 0 Å². The fraction of sp³-hybridized carbons (Fsp3) is 0.650. The molecule has 0 unspecified atom stereocenters. The fourth-order valence-corrected chi connectivity index (χ4v) is 4.11. The molecule has 2 heterocycles. The lowest BCUT2D eigenvalue weighted by atomic mass is 9.91. The Balaban J connectivity index is 1.35. The van der Waals surface area contributed by atoms with Crippen molar-refractivity contribution >= 4 is 5.91 Å². The predicted molar refractivity (Wildman–Crippen MR) is 93.9 cm³/mol. The van der Waals surface area contributed by atoms with Crippen LogP contribution in [0.1, 0.15) is 48.8 Å². The highest BCUT2D eigenvalue weighted by Gasteiger charge is 2.26. The summed E-state index contributed by atoms with van der Waals surface area (Å²) in [4.78, 5) is 14.8. The lowest BCUT2D eigenvalue weighted by Gasteiger charge is -2.36. The highest BCUT2D eigenvalue weighted by Crippen LogP contribution is 2.27. The minimum atomic E-state index is -0.234. The lowest BCUT2D eigenvalue weighted by Crippen LogP contribution is -2.41. The molecule has 3 aliphatic rings. The van der Waals surface area contributed by atoms with Crippen LogP contribution >= 0.6 is 0 Å². The molecule has 1 aromatic carbocycles. The molecule has 0 spiro atoms. The maximum Gasteiger partial charge on any atom is 0.249 e. The van der Waals surface area contributed by atoms with Gasteiger partial charge in [0.1, 0.15) is 6.10 Å². The van der Waals surface area contributed by atoms with Gasteiger partial charge in [-0.15, -0.1) is 0 Å². The number of rotatable bonds is 4. The Hall–Kier alpha value is -1.39. The van der Waals surface area contributed by atoms with Crippen molar-refractivity contribution in [3.8, 4) is 0 Å². The maximum absolute atomic E-state index is 12.1. The Kier molecular flexibility index (Phi) is 4.86. The molecule has 4 heteroatoms. The molecule has 1 saturated carbocycles. The van der Waals surface area contributed by atoms with E-state index < -0.39 is 0 Å². The summed E-state index contributed by atoms with van der Waals surface area (Å²) >= 11 is 0. The molecule has 1 saturated heterocycles. The van der Waals surface area contributed by atoms with Crippen LogP contribution in [0.5, 0.6) is 0 Å². The van der Waals surface area contributed by atoms with Gasteiger partial charge in [0.05, 0.1) is 0 Å². The van der Waals surface area contributed by atoms with Crippen LogP contribution in [-0.4, -0.2) is 42.6 Å². The largest absolute Gasteiger partial charge is 0.368 e. The molecule has 4 rings (SSSR count).